The second-order valence-corrected chi connectivity index (χ2v) is 4.40. The first-order valence-electron chi connectivity index (χ1n) is 6.21. The fourth-order valence-corrected chi connectivity index (χ4v) is 2.05. The maximum absolute atomic E-state index is 12.1. The molecule has 2 amide bonds. The number of hydrogen-bond acceptors (Lipinski definition) is 3. The molecular formula is C12H22N2O3. The van der Waals surface area contributed by atoms with Crippen LogP contribution in [0.3, 0.4) is 0 Å². The maximum atomic E-state index is 12.1. The minimum Gasteiger partial charge on any atom is -0.385 e. The first-order valence-corrected chi connectivity index (χ1v) is 6.21. The molecule has 0 aromatic heterocycles. The molecule has 1 fully saturated rings. The highest BCUT2D eigenvalue weighted by Crippen LogP contribution is 2.13. The summed E-state index contributed by atoms with van der Waals surface area (Å²) in [4.78, 5) is 25.5. The highest BCUT2D eigenvalue weighted by molar-refractivity contribution is 5.96. The number of carbonyl (C=O) groups excluding carboxylic acids is 2. The lowest BCUT2D eigenvalue weighted by Gasteiger charge is -2.37. The molecule has 0 spiro atoms. The summed E-state index contributed by atoms with van der Waals surface area (Å²) in [6, 6.07) is -0.710. The molecule has 0 aromatic carbocycles. The number of methoxy groups -OCH3 is 1. The van der Waals surface area contributed by atoms with Gasteiger partial charge in [-0.3, -0.25) is 9.59 Å². The van der Waals surface area contributed by atoms with Gasteiger partial charge in [-0.25, -0.2) is 0 Å². The fourth-order valence-electron chi connectivity index (χ4n) is 2.05. The molecule has 5 nitrogen and oxygen atoms in total. The third-order valence-corrected chi connectivity index (χ3v) is 3.07. The zero-order chi connectivity index (χ0) is 12.8. The number of piperazine rings is 1. The monoisotopic (exact) mass is 242 g/mol. The van der Waals surface area contributed by atoms with Crippen molar-refractivity contribution >= 4 is 11.8 Å². The summed E-state index contributed by atoms with van der Waals surface area (Å²) in [5.41, 5.74) is 0. The minimum absolute atomic E-state index is 0.0371. The van der Waals surface area contributed by atoms with Crippen molar-refractivity contribution in [2.45, 2.75) is 45.2 Å². The fraction of sp³-hybridized carbons (Fsp3) is 0.833. The van der Waals surface area contributed by atoms with Gasteiger partial charge in [0, 0.05) is 20.3 Å². The van der Waals surface area contributed by atoms with Gasteiger partial charge in [0.15, 0.2) is 0 Å². The summed E-state index contributed by atoms with van der Waals surface area (Å²) < 4.78 is 4.97. The van der Waals surface area contributed by atoms with Crippen LogP contribution in [0.4, 0.5) is 0 Å². The Morgan fingerprint density at radius 1 is 1.41 bits per heavy atom. The van der Waals surface area contributed by atoms with Crippen LogP contribution < -0.4 is 5.32 Å². The Bertz CT molecular complexity index is 281. The van der Waals surface area contributed by atoms with Gasteiger partial charge in [-0.2, -0.15) is 0 Å². The van der Waals surface area contributed by atoms with Gasteiger partial charge in [-0.15, -0.1) is 0 Å². The van der Waals surface area contributed by atoms with E-state index in [-0.39, 0.29) is 23.9 Å². The molecule has 17 heavy (non-hydrogen) atoms. The van der Waals surface area contributed by atoms with Crippen molar-refractivity contribution in [3.05, 3.63) is 0 Å². The predicted molar refractivity (Wildman–Crippen MR) is 64.5 cm³/mol. The van der Waals surface area contributed by atoms with Crippen LogP contribution in [0.15, 0.2) is 0 Å². The van der Waals surface area contributed by atoms with Gasteiger partial charge in [0.25, 0.3) is 0 Å². The molecule has 1 saturated heterocycles. The number of amides is 2. The van der Waals surface area contributed by atoms with Gasteiger partial charge in [-0.05, 0) is 19.8 Å². The predicted octanol–water partition coefficient (Wildman–Crippen LogP) is 0.538. The topological polar surface area (TPSA) is 58.6 Å². The van der Waals surface area contributed by atoms with E-state index in [0.717, 1.165) is 12.8 Å². The van der Waals surface area contributed by atoms with Crippen LogP contribution in [0.5, 0.6) is 0 Å². The molecule has 0 aliphatic carbocycles. The van der Waals surface area contributed by atoms with Crippen LogP contribution in [0.2, 0.25) is 0 Å². The number of rotatable bonds is 6. The number of nitrogens with zero attached hydrogens (tertiary/aromatic N) is 1. The molecule has 1 N–H and O–H groups in total. The lowest BCUT2D eigenvalue weighted by atomic mass is 10.0. The molecule has 0 radical (unpaired) electrons. The Balaban J connectivity index is 2.63. The molecule has 0 saturated carbocycles. The third-order valence-electron chi connectivity index (χ3n) is 3.07. The summed E-state index contributed by atoms with van der Waals surface area (Å²) in [5, 5.41) is 2.78. The van der Waals surface area contributed by atoms with Crippen molar-refractivity contribution in [2.24, 2.45) is 0 Å². The van der Waals surface area contributed by atoms with Crippen molar-refractivity contribution in [1.82, 2.24) is 10.2 Å². The van der Waals surface area contributed by atoms with E-state index in [0.29, 0.717) is 19.6 Å². The van der Waals surface area contributed by atoms with Gasteiger partial charge in [0.1, 0.15) is 12.1 Å². The van der Waals surface area contributed by atoms with Crippen LogP contribution in [0.1, 0.15) is 33.1 Å². The molecule has 1 aliphatic heterocycles. The van der Waals surface area contributed by atoms with E-state index in [1.54, 1.807) is 18.9 Å². The second-order valence-electron chi connectivity index (χ2n) is 4.40. The van der Waals surface area contributed by atoms with E-state index in [4.69, 9.17) is 4.74 Å². The van der Waals surface area contributed by atoms with Crippen LogP contribution >= 0.6 is 0 Å². The van der Waals surface area contributed by atoms with Crippen molar-refractivity contribution in [1.29, 1.82) is 0 Å². The molecule has 1 rings (SSSR count). The van der Waals surface area contributed by atoms with Gasteiger partial charge in [-0.1, -0.05) is 13.3 Å². The Kier molecular flexibility index (Phi) is 5.41. The summed E-state index contributed by atoms with van der Waals surface area (Å²) >= 11 is 0. The smallest absolute Gasteiger partial charge is 0.245 e. The van der Waals surface area contributed by atoms with Crippen LogP contribution in [-0.2, 0) is 14.3 Å². The average Bonchev–Trinajstić information content (AvgIpc) is 2.31. The Labute approximate surface area is 102 Å². The molecule has 1 heterocycles. The Morgan fingerprint density at radius 3 is 2.71 bits per heavy atom. The normalized spacial score (nSPS) is 25.0. The second kappa shape index (κ2) is 6.59. The Morgan fingerprint density at radius 2 is 2.12 bits per heavy atom. The summed E-state index contributed by atoms with van der Waals surface area (Å²) in [6.45, 7) is 4.97. The van der Waals surface area contributed by atoms with E-state index in [9.17, 15) is 9.59 Å². The molecule has 1 aliphatic rings. The van der Waals surface area contributed by atoms with E-state index in [2.05, 4.69) is 5.32 Å². The van der Waals surface area contributed by atoms with Crippen molar-refractivity contribution in [3.8, 4) is 0 Å². The van der Waals surface area contributed by atoms with Gasteiger partial charge in [0.05, 0.1) is 0 Å². The maximum Gasteiger partial charge on any atom is 0.245 e. The Hall–Kier alpha value is -1.10. The standard InChI is InChI=1S/C12H22N2O3/c1-4-6-10-12(16)14(7-5-8-17-3)9(2)11(15)13-10/h9-10H,4-8H2,1-3H3,(H,13,15). The summed E-state index contributed by atoms with van der Waals surface area (Å²) in [5.74, 6) is -0.0180. The molecule has 0 aromatic rings. The lowest BCUT2D eigenvalue weighted by molar-refractivity contribution is -0.149. The summed E-state index contributed by atoms with van der Waals surface area (Å²) in [6.07, 6.45) is 2.35. The number of nitrogens with one attached hydrogen (secondary N) is 1. The molecule has 2 atom stereocenters. The number of carbonyl (C=O) groups is 2. The van der Waals surface area contributed by atoms with Crippen LogP contribution in [0, 0.1) is 0 Å². The number of hydrogen-bond donors (Lipinski definition) is 1. The largest absolute Gasteiger partial charge is 0.385 e. The van der Waals surface area contributed by atoms with E-state index in [1.165, 1.54) is 0 Å². The van der Waals surface area contributed by atoms with Crippen molar-refractivity contribution < 1.29 is 14.3 Å². The molecular weight excluding hydrogens is 220 g/mol. The molecule has 98 valence electrons. The van der Waals surface area contributed by atoms with E-state index in [1.807, 2.05) is 6.92 Å². The minimum atomic E-state index is -0.368. The SMILES string of the molecule is CCCC1NC(=O)C(C)N(CCCOC)C1=O. The van der Waals surface area contributed by atoms with Gasteiger partial charge < -0.3 is 15.0 Å². The van der Waals surface area contributed by atoms with E-state index < -0.39 is 0 Å². The zero-order valence-corrected chi connectivity index (χ0v) is 10.9. The van der Waals surface area contributed by atoms with Crippen molar-refractivity contribution in [3.63, 3.8) is 0 Å². The quantitative estimate of drug-likeness (QED) is 0.692. The van der Waals surface area contributed by atoms with Gasteiger partial charge >= 0.3 is 0 Å². The van der Waals surface area contributed by atoms with E-state index >= 15 is 0 Å². The molecule has 0 bridgehead atoms. The van der Waals surface area contributed by atoms with Crippen LogP contribution in [0.25, 0.3) is 0 Å². The number of ether oxygens (including phenoxy) is 1. The summed E-state index contributed by atoms with van der Waals surface area (Å²) in [7, 11) is 1.63. The molecule has 5 heteroatoms. The van der Waals surface area contributed by atoms with Crippen LogP contribution in [-0.4, -0.2) is 49.1 Å². The highest BCUT2D eigenvalue weighted by Gasteiger charge is 2.36. The first-order chi connectivity index (χ1) is 8.11. The lowest BCUT2D eigenvalue weighted by Crippen LogP contribution is -2.62. The average molecular weight is 242 g/mol. The first kappa shape index (κ1) is 14.0. The highest BCUT2D eigenvalue weighted by atomic mass is 16.5. The van der Waals surface area contributed by atoms with Gasteiger partial charge in [0.2, 0.25) is 11.8 Å². The van der Waals surface area contributed by atoms with Crippen molar-refractivity contribution in [2.75, 3.05) is 20.3 Å². The third kappa shape index (κ3) is 3.43. The zero-order valence-electron chi connectivity index (χ0n) is 10.9. The molecule has 2 unspecified atom stereocenters.